The number of fused-ring (bicyclic) bond motifs is 1. The third-order valence-electron chi connectivity index (χ3n) is 6.29. The highest BCUT2D eigenvalue weighted by atomic mass is 16.2. The molecule has 162 valence electrons. The van der Waals surface area contributed by atoms with Crippen LogP contribution in [0, 0.1) is 13.8 Å². The lowest BCUT2D eigenvalue weighted by Crippen LogP contribution is -2.37. The molecule has 0 fully saturated rings. The third kappa shape index (κ3) is 3.82. The summed E-state index contributed by atoms with van der Waals surface area (Å²) < 4.78 is 3.47. The molecule has 1 amide bonds. The molecule has 0 saturated carbocycles. The summed E-state index contributed by atoms with van der Waals surface area (Å²) in [7, 11) is 1.95. The van der Waals surface area contributed by atoms with Crippen LogP contribution in [0.15, 0.2) is 41.3 Å². The molecule has 6 heteroatoms. The molecule has 0 bridgehead atoms. The fraction of sp³-hybridized carbons (Fsp3) is 0.400. The predicted molar refractivity (Wildman–Crippen MR) is 122 cm³/mol. The number of hydrogen-bond acceptors (Lipinski definition) is 3. The number of aryl methyl sites for hydroxylation is 3. The zero-order chi connectivity index (χ0) is 22.3. The van der Waals surface area contributed by atoms with E-state index < -0.39 is 0 Å². The number of nitrogens with one attached hydrogen (secondary N) is 1. The minimum Gasteiger partial charge on any atom is -0.345 e. The van der Waals surface area contributed by atoms with Gasteiger partial charge in [-0.2, -0.15) is 5.10 Å². The molecule has 1 N–H and O–H groups in total. The lowest BCUT2D eigenvalue weighted by Gasteiger charge is -2.25. The van der Waals surface area contributed by atoms with Gasteiger partial charge >= 0.3 is 0 Å². The van der Waals surface area contributed by atoms with Gasteiger partial charge in [-0.25, -0.2) is 0 Å². The lowest BCUT2D eigenvalue weighted by atomic mass is 9.90. The quantitative estimate of drug-likeness (QED) is 0.693. The van der Waals surface area contributed by atoms with Crippen LogP contribution in [0.2, 0.25) is 0 Å². The van der Waals surface area contributed by atoms with E-state index in [9.17, 15) is 9.59 Å². The summed E-state index contributed by atoms with van der Waals surface area (Å²) in [6.07, 6.45) is 4.54. The van der Waals surface area contributed by atoms with Gasteiger partial charge in [0.05, 0.1) is 11.7 Å². The van der Waals surface area contributed by atoms with Gasteiger partial charge in [-0.1, -0.05) is 26.0 Å². The Morgan fingerprint density at radius 3 is 2.74 bits per heavy atom. The van der Waals surface area contributed by atoms with E-state index in [1.165, 1.54) is 5.69 Å². The van der Waals surface area contributed by atoms with Crippen LogP contribution in [0.25, 0.3) is 5.69 Å². The Kier molecular flexibility index (Phi) is 5.56. The lowest BCUT2D eigenvalue weighted by molar-refractivity contribution is 0.0930. The molecule has 1 aliphatic rings. The van der Waals surface area contributed by atoms with E-state index >= 15 is 0 Å². The van der Waals surface area contributed by atoms with Crippen molar-refractivity contribution in [3.63, 3.8) is 0 Å². The van der Waals surface area contributed by atoms with Crippen molar-refractivity contribution in [1.29, 1.82) is 0 Å². The van der Waals surface area contributed by atoms with Gasteiger partial charge in [-0.15, -0.1) is 0 Å². The van der Waals surface area contributed by atoms with Crippen LogP contribution in [-0.4, -0.2) is 20.3 Å². The second-order valence-corrected chi connectivity index (χ2v) is 8.79. The summed E-state index contributed by atoms with van der Waals surface area (Å²) in [4.78, 5) is 26.6. The average Bonchev–Trinajstić information content (AvgIpc) is 3.03. The van der Waals surface area contributed by atoms with Crippen LogP contribution in [-0.2, 0) is 13.5 Å². The van der Waals surface area contributed by atoms with Crippen LogP contribution in [0.3, 0.4) is 0 Å². The number of nitrogens with zero attached hydrogens (tertiary/aromatic N) is 3. The summed E-state index contributed by atoms with van der Waals surface area (Å²) in [6.45, 7) is 8.03. The summed E-state index contributed by atoms with van der Waals surface area (Å²) in [5, 5.41) is 7.66. The minimum atomic E-state index is -0.321. The molecule has 0 spiro atoms. The van der Waals surface area contributed by atoms with Crippen LogP contribution in [0.4, 0.5) is 0 Å². The Morgan fingerprint density at radius 2 is 2.00 bits per heavy atom. The van der Waals surface area contributed by atoms with Gasteiger partial charge in [0.1, 0.15) is 5.56 Å². The average molecular weight is 419 g/mol. The molecule has 31 heavy (non-hydrogen) atoms. The number of amides is 1. The molecule has 2 heterocycles. The maximum atomic E-state index is 13.4. The Hall–Kier alpha value is -3.15. The van der Waals surface area contributed by atoms with E-state index in [1.54, 1.807) is 10.8 Å². The molecule has 2 aromatic heterocycles. The zero-order valence-corrected chi connectivity index (χ0v) is 18.9. The van der Waals surface area contributed by atoms with Crippen LogP contribution >= 0.6 is 0 Å². The predicted octanol–water partition coefficient (Wildman–Crippen LogP) is 4.12. The molecule has 1 atom stereocenters. The molecule has 1 aliphatic carbocycles. The Balaban J connectivity index is 1.70. The summed E-state index contributed by atoms with van der Waals surface area (Å²) in [5.74, 6) is 0.0325. The molecular weight excluding hydrogens is 388 g/mol. The number of rotatable bonds is 4. The molecule has 1 aromatic carbocycles. The third-order valence-corrected chi connectivity index (χ3v) is 6.29. The number of aromatic nitrogens is 3. The molecular formula is C25H30N4O2. The van der Waals surface area contributed by atoms with Crippen molar-refractivity contribution in [2.45, 2.75) is 58.9 Å². The van der Waals surface area contributed by atoms with Crippen molar-refractivity contribution in [2.75, 3.05) is 0 Å². The Labute approximate surface area is 182 Å². The normalized spacial score (nSPS) is 15.7. The molecule has 1 unspecified atom stereocenters. The first kappa shape index (κ1) is 21.1. The Morgan fingerprint density at radius 1 is 1.23 bits per heavy atom. The van der Waals surface area contributed by atoms with Gasteiger partial charge in [0.15, 0.2) is 0 Å². The topological polar surface area (TPSA) is 68.9 Å². The number of hydrogen-bond donors (Lipinski definition) is 1. The number of benzene rings is 1. The highest BCUT2D eigenvalue weighted by Crippen LogP contribution is 2.32. The van der Waals surface area contributed by atoms with E-state index in [-0.39, 0.29) is 23.1 Å². The fourth-order valence-corrected chi connectivity index (χ4v) is 4.60. The van der Waals surface area contributed by atoms with Crippen molar-refractivity contribution in [3.05, 3.63) is 80.5 Å². The van der Waals surface area contributed by atoms with Crippen molar-refractivity contribution in [2.24, 2.45) is 7.05 Å². The van der Waals surface area contributed by atoms with Crippen LogP contribution in [0.1, 0.15) is 77.1 Å². The van der Waals surface area contributed by atoms with E-state index in [2.05, 4.69) is 30.3 Å². The summed E-state index contributed by atoms with van der Waals surface area (Å²) in [6, 6.07) is 9.62. The second kappa shape index (κ2) is 8.17. The second-order valence-electron chi connectivity index (χ2n) is 8.79. The first-order valence-corrected chi connectivity index (χ1v) is 10.9. The summed E-state index contributed by atoms with van der Waals surface area (Å²) in [5.41, 5.74) is 5.71. The van der Waals surface area contributed by atoms with Crippen molar-refractivity contribution < 1.29 is 4.79 Å². The van der Waals surface area contributed by atoms with Gasteiger partial charge in [0.2, 0.25) is 0 Å². The van der Waals surface area contributed by atoms with Crippen molar-refractivity contribution >= 4 is 5.91 Å². The molecule has 3 aromatic rings. The van der Waals surface area contributed by atoms with Crippen molar-refractivity contribution in [1.82, 2.24) is 19.7 Å². The number of pyridine rings is 1. The fourth-order valence-electron chi connectivity index (χ4n) is 4.60. The first-order valence-electron chi connectivity index (χ1n) is 10.9. The Bertz CT molecular complexity index is 1200. The highest BCUT2D eigenvalue weighted by Gasteiger charge is 2.29. The standard InChI is InChI=1S/C25H30N4O2/c1-15(2)18-8-6-9-19(14-18)29-13-12-16(3)22(25(29)31)24(30)26-20-10-7-11-21-23(20)17(4)27-28(21)5/h6,8-9,12-15,20H,7,10-11H2,1-5H3,(H,26,30). The zero-order valence-electron chi connectivity index (χ0n) is 18.9. The molecule has 6 nitrogen and oxygen atoms in total. The van der Waals surface area contributed by atoms with Crippen LogP contribution in [0.5, 0.6) is 0 Å². The van der Waals surface area contributed by atoms with Gasteiger partial charge < -0.3 is 5.32 Å². The molecule has 0 aliphatic heterocycles. The SMILES string of the molecule is Cc1ccn(-c2cccc(C(C)C)c2)c(=O)c1C(=O)NC1CCCc2c1c(C)nn2C. The van der Waals surface area contributed by atoms with E-state index in [1.807, 2.05) is 49.8 Å². The van der Waals surface area contributed by atoms with Gasteiger partial charge in [0, 0.05) is 30.2 Å². The van der Waals surface area contributed by atoms with Crippen molar-refractivity contribution in [3.8, 4) is 5.69 Å². The monoisotopic (exact) mass is 418 g/mol. The van der Waals surface area contributed by atoms with Gasteiger partial charge in [0.25, 0.3) is 11.5 Å². The number of carbonyl (C=O) groups is 1. The summed E-state index contributed by atoms with van der Waals surface area (Å²) >= 11 is 0. The minimum absolute atomic E-state index is 0.123. The van der Waals surface area contributed by atoms with Gasteiger partial charge in [-0.05, 0) is 68.4 Å². The number of carbonyl (C=O) groups excluding carboxylic acids is 1. The molecule has 0 radical (unpaired) electrons. The van der Waals surface area contributed by atoms with Gasteiger partial charge in [-0.3, -0.25) is 18.8 Å². The smallest absolute Gasteiger partial charge is 0.268 e. The molecule has 0 saturated heterocycles. The highest BCUT2D eigenvalue weighted by molar-refractivity contribution is 5.95. The van der Waals surface area contributed by atoms with Crippen LogP contribution < -0.4 is 10.9 Å². The first-order chi connectivity index (χ1) is 14.8. The maximum absolute atomic E-state index is 13.4. The van der Waals surface area contributed by atoms with E-state index in [0.29, 0.717) is 11.5 Å². The maximum Gasteiger partial charge on any atom is 0.268 e. The van der Waals surface area contributed by atoms with E-state index in [4.69, 9.17) is 0 Å². The van der Waals surface area contributed by atoms with E-state index in [0.717, 1.165) is 41.8 Å². The molecule has 4 rings (SSSR count). The largest absolute Gasteiger partial charge is 0.345 e.